The molecule has 2 N–H and O–H groups in total. The fourth-order valence-electron chi connectivity index (χ4n) is 3.08. The van der Waals surface area contributed by atoms with Crippen LogP contribution in [0.1, 0.15) is 11.1 Å². The van der Waals surface area contributed by atoms with Crippen LogP contribution < -0.4 is 5.73 Å². The highest BCUT2D eigenvalue weighted by atomic mass is 32.2. The van der Waals surface area contributed by atoms with Crippen LogP contribution in [0.2, 0.25) is 0 Å². The number of nitrogens with two attached hydrogens (primary N) is 1. The third kappa shape index (κ3) is 3.34. The van der Waals surface area contributed by atoms with Gasteiger partial charge in [-0.1, -0.05) is 54.1 Å². The van der Waals surface area contributed by atoms with E-state index < -0.39 is 9.84 Å². The summed E-state index contributed by atoms with van der Waals surface area (Å²) in [4.78, 5) is 8.50. The maximum atomic E-state index is 12.1. The van der Waals surface area contributed by atoms with E-state index in [0.717, 1.165) is 22.9 Å². The molecule has 7 nitrogen and oxygen atoms in total. The zero-order valence-corrected chi connectivity index (χ0v) is 16.3. The Morgan fingerprint density at radius 3 is 2.46 bits per heavy atom. The number of aryl methyl sites for hydroxylation is 1. The Labute approximate surface area is 162 Å². The van der Waals surface area contributed by atoms with Crippen LogP contribution in [0, 0.1) is 6.92 Å². The average molecular weight is 393 g/mol. The highest BCUT2D eigenvalue weighted by Gasteiger charge is 2.22. The van der Waals surface area contributed by atoms with Crippen molar-refractivity contribution in [2.24, 2.45) is 0 Å². The first kappa shape index (κ1) is 18.1. The van der Waals surface area contributed by atoms with Crippen LogP contribution in [0.5, 0.6) is 0 Å². The van der Waals surface area contributed by atoms with E-state index in [0.29, 0.717) is 23.4 Å². The molecule has 0 unspecified atom stereocenters. The fraction of sp³-hybridized carbons (Fsp3) is 0.150. The van der Waals surface area contributed by atoms with Crippen molar-refractivity contribution in [1.29, 1.82) is 0 Å². The van der Waals surface area contributed by atoms with E-state index >= 15 is 0 Å². The minimum Gasteiger partial charge on any atom is -0.383 e. The molecule has 8 heteroatoms. The lowest BCUT2D eigenvalue weighted by Gasteiger charge is -2.07. The van der Waals surface area contributed by atoms with Crippen molar-refractivity contribution < 1.29 is 8.42 Å². The summed E-state index contributed by atoms with van der Waals surface area (Å²) < 4.78 is 25.9. The third-order valence-corrected chi connectivity index (χ3v) is 5.26. The Morgan fingerprint density at radius 2 is 1.79 bits per heavy atom. The Kier molecular flexibility index (Phi) is 4.35. The molecule has 0 saturated heterocycles. The number of aromatic nitrogens is 4. The van der Waals surface area contributed by atoms with E-state index in [-0.39, 0.29) is 10.8 Å². The van der Waals surface area contributed by atoms with Crippen LogP contribution in [-0.4, -0.2) is 34.4 Å². The molecule has 0 saturated carbocycles. The van der Waals surface area contributed by atoms with Crippen LogP contribution in [0.4, 0.5) is 5.82 Å². The molecule has 0 amide bonds. The SMILES string of the molecule is Cc1cccc(-c2nc(S(C)(=O)=O)nc3nn(Cc4ccccc4)c(N)c23)c1. The number of hydrogen-bond donors (Lipinski definition) is 1. The third-order valence-electron chi connectivity index (χ3n) is 4.42. The first-order valence-electron chi connectivity index (χ1n) is 8.68. The monoisotopic (exact) mass is 393 g/mol. The minimum atomic E-state index is -3.61. The molecule has 0 radical (unpaired) electrons. The van der Waals surface area contributed by atoms with Crippen molar-refractivity contribution >= 4 is 26.7 Å². The van der Waals surface area contributed by atoms with Gasteiger partial charge in [0.2, 0.25) is 15.0 Å². The van der Waals surface area contributed by atoms with E-state index in [1.807, 2.05) is 61.5 Å². The Hall–Kier alpha value is -3.26. The zero-order chi connectivity index (χ0) is 19.9. The molecule has 4 rings (SSSR count). The van der Waals surface area contributed by atoms with Gasteiger partial charge in [-0.25, -0.2) is 18.1 Å². The second kappa shape index (κ2) is 6.72. The van der Waals surface area contributed by atoms with Crippen molar-refractivity contribution in [1.82, 2.24) is 19.7 Å². The van der Waals surface area contributed by atoms with Crippen LogP contribution in [0.3, 0.4) is 0 Å². The Bertz CT molecular complexity index is 1280. The van der Waals surface area contributed by atoms with Crippen LogP contribution in [0.15, 0.2) is 59.8 Å². The number of sulfone groups is 1. The lowest BCUT2D eigenvalue weighted by Crippen LogP contribution is -2.06. The van der Waals surface area contributed by atoms with Gasteiger partial charge >= 0.3 is 0 Å². The van der Waals surface area contributed by atoms with Crippen molar-refractivity contribution in [3.05, 3.63) is 65.7 Å². The molecular formula is C20H19N5O2S. The van der Waals surface area contributed by atoms with E-state index in [9.17, 15) is 8.42 Å². The zero-order valence-electron chi connectivity index (χ0n) is 15.5. The topological polar surface area (TPSA) is 104 Å². The molecule has 0 bridgehead atoms. The molecule has 4 aromatic rings. The second-order valence-corrected chi connectivity index (χ2v) is 8.63. The summed E-state index contributed by atoms with van der Waals surface area (Å²) in [6.07, 6.45) is 1.08. The quantitative estimate of drug-likeness (QED) is 0.535. The van der Waals surface area contributed by atoms with E-state index in [2.05, 4.69) is 15.1 Å². The lowest BCUT2D eigenvalue weighted by molar-refractivity contribution is 0.593. The summed E-state index contributed by atoms with van der Waals surface area (Å²) in [7, 11) is -3.61. The van der Waals surface area contributed by atoms with Gasteiger partial charge in [-0.05, 0) is 18.6 Å². The molecule has 0 aliphatic rings. The smallest absolute Gasteiger partial charge is 0.249 e. The standard InChI is InChI=1S/C20H19N5O2S/c1-13-7-6-10-15(11-13)17-16-18(21)25(12-14-8-4-3-5-9-14)24-19(16)23-20(22-17)28(2,26)27/h3-11H,12,21H2,1-2H3. The second-order valence-electron chi connectivity index (χ2n) is 6.72. The summed E-state index contributed by atoms with van der Waals surface area (Å²) in [5, 5.41) is 4.75. The number of hydrogen-bond acceptors (Lipinski definition) is 6. The number of nitrogens with zero attached hydrogens (tertiary/aromatic N) is 4. The van der Waals surface area contributed by atoms with Crippen LogP contribution in [0.25, 0.3) is 22.3 Å². The molecule has 0 spiro atoms. The van der Waals surface area contributed by atoms with E-state index in [1.54, 1.807) is 4.68 Å². The van der Waals surface area contributed by atoms with Gasteiger partial charge in [0.15, 0.2) is 5.65 Å². The number of benzene rings is 2. The average Bonchev–Trinajstić information content (AvgIpc) is 2.97. The normalized spacial score (nSPS) is 11.8. The highest BCUT2D eigenvalue weighted by molar-refractivity contribution is 7.90. The van der Waals surface area contributed by atoms with Gasteiger partial charge in [0.05, 0.1) is 17.6 Å². The first-order chi connectivity index (χ1) is 13.3. The molecule has 2 heterocycles. The van der Waals surface area contributed by atoms with E-state index in [1.165, 1.54) is 0 Å². The maximum absolute atomic E-state index is 12.1. The predicted molar refractivity (Wildman–Crippen MR) is 109 cm³/mol. The maximum Gasteiger partial charge on any atom is 0.249 e. The number of anilines is 1. The molecule has 2 aromatic carbocycles. The van der Waals surface area contributed by atoms with Crippen molar-refractivity contribution in [3.8, 4) is 11.3 Å². The number of rotatable bonds is 4. The summed E-state index contributed by atoms with van der Waals surface area (Å²) >= 11 is 0. The van der Waals surface area contributed by atoms with Crippen molar-refractivity contribution in [3.63, 3.8) is 0 Å². The predicted octanol–water partition coefficient (Wildman–Crippen LogP) is 2.84. The van der Waals surface area contributed by atoms with E-state index in [4.69, 9.17) is 5.73 Å². The summed E-state index contributed by atoms with van der Waals surface area (Å²) in [6, 6.07) is 17.4. The molecule has 0 aliphatic carbocycles. The Balaban J connectivity index is 1.98. The van der Waals surface area contributed by atoms with Gasteiger partial charge in [0.25, 0.3) is 0 Å². The summed E-state index contributed by atoms with van der Waals surface area (Å²) in [5.74, 6) is 0.399. The van der Waals surface area contributed by atoms with Crippen LogP contribution in [-0.2, 0) is 16.4 Å². The molecular weight excluding hydrogens is 374 g/mol. The van der Waals surface area contributed by atoms with Crippen molar-refractivity contribution in [2.75, 3.05) is 12.0 Å². The summed E-state index contributed by atoms with van der Waals surface area (Å²) in [5.41, 5.74) is 9.94. The molecule has 2 aromatic heterocycles. The summed E-state index contributed by atoms with van der Waals surface area (Å²) in [6.45, 7) is 2.41. The number of nitrogen functional groups attached to an aromatic ring is 1. The van der Waals surface area contributed by atoms with Gasteiger partial charge in [-0.15, -0.1) is 5.10 Å². The molecule has 0 aliphatic heterocycles. The molecule has 0 atom stereocenters. The van der Waals surface area contributed by atoms with Crippen LogP contribution >= 0.6 is 0 Å². The number of fused-ring (bicyclic) bond motifs is 1. The Morgan fingerprint density at radius 1 is 1.04 bits per heavy atom. The fourth-order valence-corrected chi connectivity index (χ4v) is 3.59. The van der Waals surface area contributed by atoms with Crippen molar-refractivity contribution in [2.45, 2.75) is 18.6 Å². The van der Waals surface area contributed by atoms with Gasteiger partial charge in [0, 0.05) is 11.8 Å². The van der Waals surface area contributed by atoms with Gasteiger partial charge in [-0.3, -0.25) is 0 Å². The first-order valence-corrected chi connectivity index (χ1v) is 10.6. The lowest BCUT2D eigenvalue weighted by atomic mass is 10.1. The molecule has 142 valence electrons. The van der Waals surface area contributed by atoms with Gasteiger partial charge in [-0.2, -0.15) is 4.98 Å². The molecule has 0 fully saturated rings. The van der Waals surface area contributed by atoms with Gasteiger partial charge < -0.3 is 5.73 Å². The largest absolute Gasteiger partial charge is 0.383 e. The minimum absolute atomic E-state index is 0.263. The highest BCUT2D eigenvalue weighted by Crippen LogP contribution is 2.32. The molecule has 28 heavy (non-hydrogen) atoms. The van der Waals surface area contributed by atoms with Gasteiger partial charge in [0.1, 0.15) is 5.82 Å².